The highest BCUT2D eigenvalue weighted by molar-refractivity contribution is 7.08. The Morgan fingerprint density at radius 3 is 3.18 bits per heavy atom. The highest BCUT2D eigenvalue weighted by atomic mass is 32.1. The summed E-state index contributed by atoms with van der Waals surface area (Å²) in [4.78, 5) is 18.6. The van der Waals surface area contributed by atoms with Gasteiger partial charge in [-0.2, -0.15) is 11.3 Å². The molecule has 3 heterocycles. The fourth-order valence-electron chi connectivity index (χ4n) is 2.67. The summed E-state index contributed by atoms with van der Waals surface area (Å²) < 4.78 is 0. The highest BCUT2D eigenvalue weighted by Gasteiger charge is 2.21. The number of nitrogens with one attached hydrogen (secondary N) is 1. The van der Waals surface area contributed by atoms with Gasteiger partial charge in [0, 0.05) is 42.3 Å². The van der Waals surface area contributed by atoms with E-state index in [4.69, 9.17) is 0 Å². The van der Waals surface area contributed by atoms with E-state index in [-0.39, 0.29) is 12.0 Å². The second-order valence-corrected chi connectivity index (χ2v) is 6.20. The van der Waals surface area contributed by atoms with E-state index in [9.17, 15) is 9.90 Å². The minimum Gasteiger partial charge on any atom is -0.391 e. The van der Waals surface area contributed by atoms with Crippen LogP contribution in [0.25, 0.3) is 0 Å². The molecular formula is C16H19N3O2S. The third-order valence-electron chi connectivity index (χ3n) is 3.79. The third-order valence-corrected chi connectivity index (χ3v) is 4.47. The summed E-state index contributed by atoms with van der Waals surface area (Å²) in [5, 5.41) is 16.5. The Morgan fingerprint density at radius 2 is 2.41 bits per heavy atom. The van der Waals surface area contributed by atoms with Gasteiger partial charge < -0.3 is 15.3 Å². The number of hydrogen-bond donors (Lipinski definition) is 2. The van der Waals surface area contributed by atoms with Crippen molar-refractivity contribution in [2.75, 3.05) is 18.0 Å². The summed E-state index contributed by atoms with van der Waals surface area (Å²) in [5.41, 5.74) is 1.66. The summed E-state index contributed by atoms with van der Waals surface area (Å²) >= 11 is 1.51. The van der Waals surface area contributed by atoms with Gasteiger partial charge in [0.15, 0.2) is 0 Å². The number of carbonyl (C=O) groups is 1. The molecule has 1 fully saturated rings. The molecular weight excluding hydrogens is 298 g/mol. The first-order valence-corrected chi connectivity index (χ1v) is 8.35. The molecule has 0 radical (unpaired) electrons. The van der Waals surface area contributed by atoms with Crippen LogP contribution in [0, 0.1) is 0 Å². The maximum Gasteiger partial charge on any atom is 0.252 e. The number of anilines is 1. The van der Waals surface area contributed by atoms with Crippen molar-refractivity contribution in [1.82, 2.24) is 10.3 Å². The molecule has 6 heteroatoms. The minimum atomic E-state index is -0.302. The molecule has 0 unspecified atom stereocenters. The van der Waals surface area contributed by atoms with Gasteiger partial charge in [0.25, 0.3) is 5.91 Å². The van der Waals surface area contributed by atoms with E-state index in [0.717, 1.165) is 30.8 Å². The first-order valence-electron chi connectivity index (χ1n) is 7.41. The summed E-state index contributed by atoms with van der Waals surface area (Å²) in [6.07, 6.45) is 3.25. The maximum absolute atomic E-state index is 12.0. The predicted octanol–water partition coefficient (Wildman–Crippen LogP) is 2.03. The fourth-order valence-corrected chi connectivity index (χ4v) is 3.31. The Hall–Kier alpha value is -1.92. The number of β-amino-alcohol motifs (C(OH)–C–C–N with tert-alkyl or cyclic N) is 1. The second kappa shape index (κ2) is 6.89. The molecule has 1 atom stereocenters. The van der Waals surface area contributed by atoms with E-state index in [0.29, 0.717) is 18.7 Å². The maximum atomic E-state index is 12.0. The largest absolute Gasteiger partial charge is 0.391 e. The molecule has 22 heavy (non-hydrogen) atoms. The molecule has 2 aromatic rings. The number of amides is 1. The fraction of sp³-hybridized carbons (Fsp3) is 0.375. The van der Waals surface area contributed by atoms with E-state index < -0.39 is 0 Å². The van der Waals surface area contributed by atoms with Crippen molar-refractivity contribution >= 4 is 23.1 Å². The van der Waals surface area contributed by atoms with Gasteiger partial charge in [-0.05, 0) is 30.4 Å². The zero-order valence-electron chi connectivity index (χ0n) is 12.2. The SMILES string of the molecule is O=C(NCc1cccnc1N1CCC[C@H](O)C1)c1ccsc1. The van der Waals surface area contributed by atoms with Gasteiger partial charge >= 0.3 is 0 Å². The van der Waals surface area contributed by atoms with Gasteiger partial charge in [0.1, 0.15) is 5.82 Å². The average Bonchev–Trinajstić information content (AvgIpc) is 3.07. The number of pyridine rings is 1. The van der Waals surface area contributed by atoms with E-state index in [1.165, 1.54) is 11.3 Å². The number of aliphatic hydroxyl groups excluding tert-OH is 1. The normalized spacial score (nSPS) is 18.2. The molecule has 3 rings (SSSR count). The smallest absolute Gasteiger partial charge is 0.252 e. The van der Waals surface area contributed by atoms with Crippen LogP contribution in [0.2, 0.25) is 0 Å². The molecule has 0 aliphatic carbocycles. The zero-order chi connectivity index (χ0) is 15.4. The number of rotatable bonds is 4. The molecule has 2 aromatic heterocycles. The lowest BCUT2D eigenvalue weighted by Gasteiger charge is -2.32. The number of nitrogens with zero attached hydrogens (tertiary/aromatic N) is 2. The van der Waals surface area contributed by atoms with Gasteiger partial charge in [-0.15, -0.1) is 0 Å². The molecule has 1 aliphatic rings. The van der Waals surface area contributed by atoms with Crippen molar-refractivity contribution in [3.8, 4) is 0 Å². The number of carbonyl (C=O) groups excluding carboxylic acids is 1. The van der Waals surface area contributed by atoms with E-state index in [1.54, 1.807) is 6.20 Å². The van der Waals surface area contributed by atoms with E-state index in [2.05, 4.69) is 15.2 Å². The minimum absolute atomic E-state index is 0.0743. The van der Waals surface area contributed by atoms with Crippen molar-refractivity contribution < 1.29 is 9.90 Å². The first-order chi connectivity index (χ1) is 10.7. The summed E-state index contributed by atoms with van der Waals surface area (Å²) in [7, 11) is 0. The summed E-state index contributed by atoms with van der Waals surface area (Å²) in [6, 6.07) is 5.65. The summed E-state index contributed by atoms with van der Waals surface area (Å²) in [5.74, 6) is 0.779. The molecule has 1 amide bonds. The van der Waals surface area contributed by atoms with Gasteiger partial charge in [-0.3, -0.25) is 4.79 Å². The van der Waals surface area contributed by atoms with E-state index in [1.807, 2.05) is 29.0 Å². The van der Waals surface area contributed by atoms with Crippen molar-refractivity contribution in [1.29, 1.82) is 0 Å². The zero-order valence-corrected chi connectivity index (χ0v) is 13.1. The van der Waals surface area contributed by atoms with Crippen LogP contribution in [0.3, 0.4) is 0 Å². The van der Waals surface area contributed by atoms with Crippen molar-refractivity contribution in [3.63, 3.8) is 0 Å². The van der Waals surface area contributed by atoms with Crippen LogP contribution in [0.5, 0.6) is 0 Å². The Bertz CT molecular complexity index is 630. The Kier molecular flexibility index (Phi) is 4.70. The lowest BCUT2D eigenvalue weighted by Crippen LogP contribution is -2.39. The first kappa shape index (κ1) is 15.0. The van der Waals surface area contributed by atoms with Crippen LogP contribution in [-0.2, 0) is 6.54 Å². The van der Waals surface area contributed by atoms with Crippen molar-refractivity contribution in [2.45, 2.75) is 25.5 Å². The number of piperidine rings is 1. The number of thiophene rings is 1. The number of aromatic nitrogens is 1. The number of aliphatic hydroxyl groups is 1. The third kappa shape index (κ3) is 3.45. The molecule has 0 bridgehead atoms. The molecule has 0 spiro atoms. The monoisotopic (exact) mass is 317 g/mol. The summed E-state index contributed by atoms with van der Waals surface area (Å²) in [6.45, 7) is 1.92. The second-order valence-electron chi connectivity index (χ2n) is 5.42. The predicted molar refractivity (Wildman–Crippen MR) is 87.2 cm³/mol. The van der Waals surface area contributed by atoms with Gasteiger partial charge in [-0.1, -0.05) is 6.07 Å². The molecule has 1 saturated heterocycles. The van der Waals surface area contributed by atoms with Crippen LogP contribution >= 0.6 is 11.3 Å². The standard InChI is InChI=1S/C16H19N3O2S/c20-14-4-2-7-19(10-14)15-12(3-1-6-17-15)9-18-16(21)13-5-8-22-11-13/h1,3,5-6,8,11,14,20H,2,4,7,9-10H2,(H,18,21)/t14-/m0/s1. The molecule has 116 valence electrons. The lowest BCUT2D eigenvalue weighted by molar-refractivity contribution is 0.0951. The quantitative estimate of drug-likeness (QED) is 0.905. The van der Waals surface area contributed by atoms with Crippen LogP contribution in [-0.4, -0.2) is 35.2 Å². The highest BCUT2D eigenvalue weighted by Crippen LogP contribution is 2.21. The van der Waals surface area contributed by atoms with Crippen molar-refractivity contribution in [3.05, 3.63) is 46.3 Å². The topological polar surface area (TPSA) is 65.5 Å². The van der Waals surface area contributed by atoms with Crippen LogP contribution in [0.4, 0.5) is 5.82 Å². The number of hydrogen-bond acceptors (Lipinski definition) is 5. The van der Waals surface area contributed by atoms with Crippen LogP contribution in [0.15, 0.2) is 35.2 Å². The Balaban J connectivity index is 1.70. The Labute approximate surface area is 133 Å². The molecule has 0 saturated carbocycles. The molecule has 5 nitrogen and oxygen atoms in total. The van der Waals surface area contributed by atoms with Crippen molar-refractivity contribution in [2.24, 2.45) is 0 Å². The molecule has 0 aromatic carbocycles. The van der Waals surface area contributed by atoms with E-state index >= 15 is 0 Å². The Morgan fingerprint density at radius 1 is 1.50 bits per heavy atom. The van der Waals surface area contributed by atoms with Gasteiger partial charge in [0.05, 0.1) is 6.10 Å². The van der Waals surface area contributed by atoms with Crippen LogP contribution in [0.1, 0.15) is 28.8 Å². The lowest BCUT2D eigenvalue weighted by atomic mass is 10.1. The molecule has 1 aliphatic heterocycles. The molecule has 2 N–H and O–H groups in total. The van der Waals surface area contributed by atoms with Gasteiger partial charge in [-0.25, -0.2) is 4.98 Å². The average molecular weight is 317 g/mol. The van der Waals surface area contributed by atoms with Crippen LogP contribution < -0.4 is 10.2 Å². The van der Waals surface area contributed by atoms with Gasteiger partial charge in [0.2, 0.25) is 0 Å².